The molecule has 0 aliphatic carbocycles. The summed E-state index contributed by atoms with van der Waals surface area (Å²) in [6, 6.07) is 11.1. The zero-order valence-corrected chi connectivity index (χ0v) is 13.9. The SMILES string of the molecule is CC(O)c1cc(Br)ccc1Sc1cc(Cl)ccc1Cl. The van der Waals surface area contributed by atoms with Crippen molar-refractivity contribution in [3.05, 3.63) is 56.5 Å². The molecule has 0 saturated heterocycles. The van der Waals surface area contributed by atoms with Crippen molar-refractivity contribution in [2.75, 3.05) is 0 Å². The van der Waals surface area contributed by atoms with Gasteiger partial charge in [-0.05, 0) is 48.9 Å². The second-order valence-electron chi connectivity index (χ2n) is 4.03. The molecule has 100 valence electrons. The standard InChI is InChI=1S/C14H11BrCl2OS/c1-8(18)11-6-9(15)2-5-13(11)19-14-7-10(16)3-4-12(14)17/h2-8,18H,1H3. The lowest BCUT2D eigenvalue weighted by molar-refractivity contribution is 0.196. The molecule has 0 aliphatic rings. The molecule has 1 nitrogen and oxygen atoms in total. The van der Waals surface area contributed by atoms with Gasteiger partial charge in [0.1, 0.15) is 0 Å². The molecule has 2 aromatic rings. The van der Waals surface area contributed by atoms with Gasteiger partial charge in [-0.1, -0.05) is 50.9 Å². The summed E-state index contributed by atoms with van der Waals surface area (Å²) in [7, 11) is 0. The fraction of sp³-hybridized carbons (Fsp3) is 0.143. The van der Waals surface area contributed by atoms with Gasteiger partial charge < -0.3 is 5.11 Å². The van der Waals surface area contributed by atoms with Crippen LogP contribution in [-0.2, 0) is 0 Å². The van der Waals surface area contributed by atoms with Crippen molar-refractivity contribution in [3.8, 4) is 0 Å². The van der Waals surface area contributed by atoms with E-state index >= 15 is 0 Å². The van der Waals surface area contributed by atoms with Crippen LogP contribution in [0.5, 0.6) is 0 Å². The molecule has 0 saturated carbocycles. The van der Waals surface area contributed by atoms with E-state index in [9.17, 15) is 5.11 Å². The van der Waals surface area contributed by atoms with Crippen LogP contribution in [0, 0.1) is 0 Å². The Hall–Kier alpha value is -0.190. The smallest absolute Gasteiger partial charge is 0.0773 e. The van der Waals surface area contributed by atoms with Gasteiger partial charge in [-0.15, -0.1) is 0 Å². The molecule has 0 radical (unpaired) electrons. The monoisotopic (exact) mass is 376 g/mol. The van der Waals surface area contributed by atoms with Gasteiger partial charge in [-0.2, -0.15) is 0 Å². The first-order valence-corrected chi connectivity index (χ1v) is 7.94. The largest absolute Gasteiger partial charge is 0.389 e. The number of hydrogen-bond donors (Lipinski definition) is 1. The van der Waals surface area contributed by atoms with E-state index in [1.807, 2.05) is 24.3 Å². The number of aliphatic hydroxyl groups excluding tert-OH is 1. The van der Waals surface area contributed by atoms with Gasteiger partial charge in [0.05, 0.1) is 11.1 Å². The van der Waals surface area contributed by atoms with Crippen molar-refractivity contribution < 1.29 is 5.11 Å². The van der Waals surface area contributed by atoms with E-state index in [2.05, 4.69) is 15.9 Å². The molecular weight excluding hydrogens is 367 g/mol. The number of hydrogen-bond acceptors (Lipinski definition) is 2. The molecule has 0 heterocycles. The van der Waals surface area contributed by atoms with E-state index in [-0.39, 0.29) is 0 Å². The summed E-state index contributed by atoms with van der Waals surface area (Å²) in [5.74, 6) is 0. The Morgan fingerprint density at radius 3 is 2.53 bits per heavy atom. The Bertz CT molecular complexity index is 602. The highest BCUT2D eigenvalue weighted by molar-refractivity contribution is 9.10. The minimum absolute atomic E-state index is 0.544. The van der Waals surface area contributed by atoms with Crippen LogP contribution >= 0.6 is 50.9 Å². The summed E-state index contributed by atoms with van der Waals surface area (Å²) in [4.78, 5) is 1.83. The first-order chi connectivity index (χ1) is 8.97. The van der Waals surface area contributed by atoms with Crippen LogP contribution in [-0.4, -0.2) is 5.11 Å². The highest BCUT2D eigenvalue weighted by Crippen LogP contribution is 2.39. The number of halogens is 3. The van der Waals surface area contributed by atoms with Crippen molar-refractivity contribution in [1.29, 1.82) is 0 Å². The van der Waals surface area contributed by atoms with Crippen molar-refractivity contribution in [1.82, 2.24) is 0 Å². The van der Waals surface area contributed by atoms with Crippen LogP contribution in [0.1, 0.15) is 18.6 Å². The second-order valence-corrected chi connectivity index (χ2v) is 6.88. The van der Waals surface area contributed by atoms with Gasteiger partial charge in [0.2, 0.25) is 0 Å². The predicted octanol–water partition coefficient (Wildman–Crippen LogP) is 5.96. The van der Waals surface area contributed by atoms with Crippen molar-refractivity contribution in [2.24, 2.45) is 0 Å². The first kappa shape index (κ1) is 15.2. The number of rotatable bonds is 3. The first-order valence-electron chi connectivity index (χ1n) is 5.58. The maximum absolute atomic E-state index is 9.84. The van der Waals surface area contributed by atoms with Gasteiger partial charge in [-0.25, -0.2) is 0 Å². The minimum Gasteiger partial charge on any atom is -0.389 e. The molecular formula is C14H11BrCl2OS. The van der Waals surface area contributed by atoms with Crippen LogP contribution in [0.4, 0.5) is 0 Å². The highest BCUT2D eigenvalue weighted by atomic mass is 79.9. The van der Waals surface area contributed by atoms with Crippen molar-refractivity contribution in [2.45, 2.75) is 22.8 Å². The van der Waals surface area contributed by atoms with E-state index < -0.39 is 6.10 Å². The van der Waals surface area contributed by atoms with Gasteiger partial charge in [0, 0.05) is 19.3 Å². The Morgan fingerprint density at radius 2 is 1.84 bits per heavy atom. The molecule has 0 spiro atoms. The Labute approximate surface area is 135 Å². The summed E-state index contributed by atoms with van der Waals surface area (Å²) in [6.45, 7) is 1.74. The average molecular weight is 378 g/mol. The lowest BCUT2D eigenvalue weighted by atomic mass is 10.1. The lowest BCUT2D eigenvalue weighted by Crippen LogP contribution is -1.94. The third-order valence-electron chi connectivity index (χ3n) is 2.54. The van der Waals surface area contributed by atoms with Crippen LogP contribution in [0.2, 0.25) is 10.0 Å². The topological polar surface area (TPSA) is 20.2 Å². The van der Waals surface area contributed by atoms with Crippen LogP contribution in [0.15, 0.2) is 50.7 Å². The third-order valence-corrected chi connectivity index (χ3v) is 4.85. The fourth-order valence-corrected chi connectivity index (χ4v) is 3.53. The molecule has 2 aromatic carbocycles. The summed E-state index contributed by atoms with van der Waals surface area (Å²) in [5, 5.41) is 11.1. The van der Waals surface area contributed by atoms with Crippen LogP contribution in [0.25, 0.3) is 0 Å². The molecule has 0 fully saturated rings. The van der Waals surface area contributed by atoms with E-state index in [0.717, 1.165) is 19.8 Å². The molecule has 5 heteroatoms. The highest BCUT2D eigenvalue weighted by Gasteiger charge is 2.12. The van der Waals surface area contributed by atoms with Crippen LogP contribution < -0.4 is 0 Å². The molecule has 2 rings (SSSR count). The zero-order chi connectivity index (χ0) is 14.0. The predicted molar refractivity (Wildman–Crippen MR) is 85.4 cm³/mol. The normalized spacial score (nSPS) is 12.5. The van der Waals surface area contributed by atoms with Crippen molar-refractivity contribution >= 4 is 50.9 Å². The molecule has 0 aliphatic heterocycles. The molecule has 0 bridgehead atoms. The van der Waals surface area contributed by atoms with Gasteiger partial charge >= 0.3 is 0 Å². The maximum Gasteiger partial charge on any atom is 0.0773 e. The lowest BCUT2D eigenvalue weighted by Gasteiger charge is -2.13. The van der Waals surface area contributed by atoms with Gasteiger partial charge in [0.15, 0.2) is 0 Å². The van der Waals surface area contributed by atoms with Gasteiger partial charge in [0.25, 0.3) is 0 Å². The van der Waals surface area contributed by atoms with Crippen LogP contribution in [0.3, 0.4) is 0 Å². The van der Waals surface area contributed by atoms with E-state index in [4.69, 9.17) is 23.2 Å². The summed E-state index contributed by atoms with van der Waals surface area (Å²) in [6.07, 6.45) is -0.544. The van der Waals surface area contributed by atoms with E-state index in [1.54, 1.807) is 19.1 Å². The Morgan fingerprint density at radius 1 is 1.11 bits per heavy atom. The quantitative estimate of drug-likeness (QED) is 0.711. The summed E-state index contributed by atoms with van der Waals surface area (Å²) in [5.41, 5.74) is 0.857. The molecule has 1 atom stereocenters. The van der Waals surface area contributed by atoms with Crippen molar-refractivity contribution in [3.63, 3.8) is 0 Å². The third kappa shape index (κ3) is 3.89. The molecule has 1 N–H and O–H groups in total. The Balaban J connectivity index is 2.40. The molecule has 19 heavy (non-hydrogen) atoms. The van der Waals surface area contributed by atoms with E-state index in [0.29, 0.717) is 10.0 Å². The second kappa shape index (κ2) is 6.51. The fourth-order valence-electron chi connectivity index (χ4n) is 1.61. The van der Waals surface area contributed by atoms with E-state index in [1.165, 1.54) is 11.8 Å². The minimum atomic E-state index is -0.544. The van der Waals surface area contributed by atoms with Gasteiger partial charge in [-0.3, -0.25) is 0 Å². The number of benzene rings is 2. The summed E-state index contributed by atoms with van der Waals surface area (Å²) < 4.78 is 0.935. The molecule has 0 amide bonds. The maximum atomic E-state index is 9.84. The Kier molecular flexibility index (Phi) is 5.21. The molecule has 0 aromatic heterocycles. The average Bonchev–Trinajstić information content (AvgIpc) is 2.35. The molecule has 1 unspecified atom stereocenters. The number of aliphatic hydroxyl groups is 1. The zero-order valence-electron chi connectivity index (χ0n) is 10.0. The summed E-state index contributed by atoms with van der Waals surface area (Å²) >= 11 is 17.0.